The van der Waals surface area contributed by atoms with Crippen LogP contribution in [0.1, 0.15) is 42.6 Å². The van der Waals surface area contributed by atoms with Gasteiger partial charge in [-0.15, -0.1) is 6.58 Å². The summed E-state index contributed by atoms with van der Waals surface area (Å²) in [7, 11) is 2.09. The molecular formula is C24H29NO. The topological polar surface area (TPSA) is 20.3 Å². The number of carbonyl (C=O) groups excluding carboxylic acids is 1. The summed E-state index contributed by atoms with van der Waals surface area (Å²) in [6.07, 6.45) is 5.40. The van der Waals surface area contributed by atoms with Crippen LogP contribution in [0.4, 0.5) is 0 Å². The molecule has 2 nitrogen and oxygen atoms in total. The Bertz CT molecular complexity index is 750. The molecule has 2 aromatic carbocycles. The molecule has 0 atom stereocenters. The lowest BCUT2D eigenvalue weighted by molar-refractivity contribution is 0.0983. The molecule has 0 aliphatic rings. The van der Waals surface area contributed by atoms with Crippen molar-refractivity contribution in [3.63, 3.8) is 0 Å². The average molecular weight is 348 g/mol. The smallest absolute Gasteiger partial charge is 0.163 e. The van der Waals surface area contributed by atoms with Crippen molar-refractivity contribution in [3.8, 4) is 11.1 Å². The third kappa shape index (κ3) is 6.12. The van der Waals surface area contributed by atoms with Crippen molar-refractivity contribution in [2.75, 3.05) is 13.6 Å². The van der Waals surface area contributed by atoms with Crippen molar-refractivity contribution in [1.29, 1.82) is 0 Å². The van der Waals surface area contributed by atoms with Crippen molar-refractivity contribution in [2.45, 2.75) is 33.2 Å². The SMILES string of the molecule is C=CCN(C)Cc1ccc(-c2ccc(C(=O)CCC=C(C)C)cc2)cc1. The Labute approximate surface area is 157 Å². The molecule has 26 heavy (non-hydrogen) atoms. The highest BCUT2D eigenvalue weighted by molar-refractivity contribution is 5.96. The summed E-state index contributed by atoms with van der Waals surface area (Å²) in [6.45, 7) is 9.67. The van der Waals surface area contributed by atoms with E-state index in [9.17, 15) is 4.79 Å². The first-order valence-corrected chi connectivity index (χ1v) is 9.15. The maximum Gasteiger partial charge on any atom is 0.163 e. The number of benzene rings is 2. The van der Waals surface area contributed by atoms with E-state index in [1.54, 1.807) is 0 Å². The van der Waals surface area contributed by atoms with E-state index < -0.39 is 0 Å². The summed E-state index contributed by atoms with van der Waals surface area (Å²) in [5.74, 6) is 0.203. The van der Waals surface area contributed by atoms with Gasteiger partial charge < -0.3 is 0 Å². The van der Waals surface area contributed by atoms with Crippen LogP contribution in [0.5, 0.6) is 0 Å². The van der Waals surface area contributed by atoms with E-state index in [0.717, 1.165) is 30.6 Å². The summed E-state index contributed by atoms with van der Waals surface area (Å²) < 4.78 is 0. The van der Waals surface area contributed by atoms with Crippen LogP contribution in [0.2, 0.25) is 0 Å². The lowest BCUT2D eigenvalue weighted by atomic mass is 10.00. The Morgan fingerprint density at radius 1 is 1.00 bits per heavy atom. The number of hydrogen-bond acceptors (Lipinski definition) is 2. The number of Topliss-reactive ketones (excluding diaryl/α,β-unsaturated/α-hetero) is 1. The van der Waals surface area contributed by atoms with E-state index in [1.165, 1.54) is 16.7 Å². The quantitative estimate of drug-likeness (QED) is 0.416. The third-order valence-corrected chi connectivity index (χ3v) is 4.31. The van der Waals surface area contributed by atoms with Gasteiger partial charge in [-0.05, 0) is 44.0 Å². The van der Waals surface area contributed by atoms with Crippen LogP contribution in [0.3, 0.4) is 0 Å². The molecule has 2 rings (SSSR count). The molecule has 0 radical (unpaired) electrons. The Hall–Kier alpha value is -2.45. The molecule has 0 spiro atoms. The summed E-state index contributed by atoms with van der Waals surface area (Å²) >= 11 is 0. The molecule has 0 saturated carbocycles. The van der Waals surface area contributed by atoms with E-state index >= 15 is 0 Å². The predicted octanol–water partition coefficient (Wildman–Crippen LogP) is 5.90. The summed E-state index contributed by atoms with van der Waals surface area (Å²) in [4.78, 5) is 14.5. The fourth-order valence-corrected chi connectivity index (χ4v) is 2.88. The Kier molecular flexibility index (Phi) is 7.55. The number of likely N-dealkylation sites (N-methyl/N-ethyl adjacent to an activating group) is 1. The molecule has 136 valence electrons. The molecule has 0 aliphatic heterocycles. The number of ketones is 1. The molecule has 0 heterocycles. The minimum Gasteiger partial charge on any atom is -0.298 e. The highest BCUT2D eigenvalue weighted by Crippen LogP contribution is 2.21. The minimum absolute atomic E-state index is 0.203. The van der Waals surface area contributed by atoms with Crippen molar-refractivity contribution in [3.05, 3.63) is 84.0 Å². The zero-order valence-electron chi connectivity index (χ0n) is 16.2. The molecule has 0 saturated heterocycles. The van der Waals surface area contributed by atoms with Crippen LogP contribution in [0, 0.1) is 0 Å². The minimum atomic E-state index is 0.203. The van der Waals surface area contributed by atoms with Gasteiger partial charge >= 0.3 is 0 Å². The molecule has 0 N–H and O–H groups in total. The maximum atomic E-state index is 12.2. The van der Waals surface area contributed by atoms with Crippen LogP contribution < -0.4 is 0 Å². The van der Waals surface area contributed by atoms with Gasteiger partial charge in [0.15, 0.2) is 5.78 Å². The molecule has 0 unspecified atom stereocenters. The fourth-order valence-electron chi connectivity index (χ4n) is 2.88. The van der Waals surface area contributed by atoms with E-state index in [1.807, 2.05) is 30.3 Å². The second-order valence-electron chi connectivity index (χ2n) is 7.00. The van der Waals surface area contributed by atoms with Crippen molar-refractivity contribution >= 4 is 5.78 Å². The van der Waals surface area contributed by atoms with Gasteiger partial charge in [0, 0.05) is 25.1 Å². The largest absolute Gasteiger partial charge is 0.298 e. The lowest BCUT2D eigenvalue weighted by Gasteiger charge is -2.14. The van der Waals surface area contributed by atoms with Crippen LogP contribution in [-0.4, -0.2) is 24.3 Å². The molecule has 2 heteroatoms. The number of allylic oxidation sites excluding steroid dienone is 2. The monoisotopic (exact) mass is 347 g/mol. The number of rotatable bonds is 9. The first kappa shape index (κ1) is 19.9. The van der Waals surface area contributed by atoms with Crippen LogP contribution >= 0.6 is 0 Å². The molecular weight excluding hydrogens is 318 g/mol. The second-order valence-corrected chi connectivity index (χ2v) is 7.00. The Morgan fingerprint density at radius 2 is 1.58 bits per heavy atom. The standard InChI is InChI=1S/C24H29NO/c1-5-17-25(4)18-20-9-11-21(12-10-20)22-13-15-23(16-14-22)24(26)8-6-7-19(2)3/h5,7,9-16H,1,6,8,17-18H2,2-4H3. The molecule has 0 aliphatic carbocycles. The molecule has 0 aromatic heterocycles. The van der Waals surface area contributed by atoms with E-state index in [0.29, 0.717) is 6.42 Å². The summed E-state index contributed by atoms with van der Waals surface area (Å²) in [6, 6.07) is 16.5. The van der Waals surface area contributed by atoms with E-state index in [-0.39, 0.29) is 5.78 Å². The zero-order valence-corrected chi connectivity index (χ0v) is 16.2. The molecule has 2 aromatic rings. The molecule has 0 amide bonds. The predicted molar refractivity (Wildman–Crippen MR) is 111 cm³/mol. The second kappa shape index (κ2) is 9.88. The number of carbonyl (C=O) groups is 1. The van der Waals surface area contributed by atoms with E-state index in [2.05, 4.69) is 62.7 Å². The molecule has 0 bridgehead atoms. The zero-order chi connectivity index (χ0) is 18.9. The van der Waals surface area contributed by atoms with Gasteiger partial charge in [0.1, 0.15) is 0 Å². The number of nitrogens with zero attached hydrogens (tertiary/aromatic N) is 1. The van der Waals surface area contributed by atoms with Crippen LogP contribution in [0.25, 0.3) is 11.1 Å². The van der Waals surface area contributed by atoms with Gasteiger partial charge in [-0.2, -0.15) is 0 Å². The summed E-state index contributed by atoms with van der Waals surface area (Å²) in [5.41, 5.74) is 5.63. The van der Waals surface area contributed by atoms with Crippen LogP contribution in [0.15, 0.2) is 72.8 Å². The van der Waals surface area contributed by atoms with Gasteiger partial charge in [0.25, 0.3) is 0 Å². The lowest BCUT2D eigenvalue weighted by Crippen LogP contribution is -2.17. The normalized spacial score (nSPS) is 10.6. The fraction of sp³-hybridized carbons (Fsp3) is 0.292. The van der Waals surface area contributed by atoms with Gasteiger partial charge in [-0.1, -0.05) is 66.3 Å². The number of hydrogen-bond donors (Lipinski definition) is 0. The van der Waals surface area contributed by atoms with Gasteiger partial charge in [-0.3, -0.25) is 9.69 Å². The van der Waals surface area contributed by atoms with Crippen LogP contribution in [-0.2, 0) is 6.54 Å². The average Bonchev–Trinajstić information content (AvgIpc) is 2.62. The molecule has 0 fully saturated rings. The third-order valence-electron chi connectivity index (χ3n) is 4.31. The van der Waals surface area contributed by atoms with Crippen molar-refractivity contribution in [2.24, 2.45) is 0 Å². The highest BCUT2D eigenvalue weighted by Gasteiger charge is 2.06. The first-order valence-electron chi connectivity index (χ1n) is 9.15. The van der Waals surface area contributed by atoms with Gasteiger partial charge in [0.05, 0.1) is 0 Å². The Balaban J connectivity index is 2.00. The van der Waals surface area contributed by atoms with Gasteiger partial charge in [0.2, 0.25) is 0 Å². The summed E-state index contributed by atoms with van der Waals surface area (Å²) in [5, 5.41) is 0. The highest BCUT2D eigenvalue weighted by atomic mass is 16.1. The Morgan fingerprint density at radius 3 is 2.12 bits per heavy atom. The van der Waals surface area contributed by atoms with Crippen molar-refractivity contribution in [1.82, 2.24) is 4.90 Å². The van der Waals surface area contributed by atoms with Gasteiger partial charge in [-0.25, -0.2) is 0 Å². The van der Waals surface area contributed by atoms with Crippen molar-refractivity contribution < 1.29 is 4.79 Å². The maximum absolute atomic E-state index is 12.2. The van der Waals surface area contributed by atoms with E-state index in [4.69, 9.17) is 0 Å². The first-order chi connectivity index (χ1) is 12.5.